The average molecular weight is 368 g/mol. The van der Waals surface area contributed by atoms with Gasteiger partial charge in [0.15, 0.2) is 0 Å². The Morgan fingerprint density at radius 1 is 1.26 bits per heavy atom. The summed E-state index contributed by atoms with van der Waals surface area (Å²) >= 11 is 0. The van der Waals surface area contributed by atoms with Crippen molar-refractivity contribution in [1.29, 1.82) is 0 Å². The average Bonchev–Trinajstić information content (AvgIpc) is 2.71. The van der Waals surface area contributed by atoms with Gasteiger partial charge in [-0.3, -0.25) is 14.9 Å². The van der Waals surface area contributed by atoms with Gasteiger partial charge in [0.1, 0.15) is 5.82 Å². The first kappa shape index (κ1) is 18.5. The molecule has 2 aromatic rings. The molecule has 1 aliphatic heterocycles. The van der Waals surface area contributed by atoms with Crippen molar-refractivity contribution in [3.63, 3.8) is 0 Å². The van der Waals surface area contributed by atoms with Crippen LogP contribution in [0.3, 0.4) is 0 Å². The fourth-order valence-electron chi connectivity index (χ4n) is 2.83. The van der Waals surface area contributed by atoms with Crippen LogP contribution in [0.25, 0.3) is 6.08 Å². The van der Waals surface area contributed by atoms with Gasteiger partial charge in [0, 0.05) is 43.5 Å². The van der Waals surface area contributed by atoms with Crippen LogP contribution in [0.2, 0.25) is 0 Å². The fraction of sp³-hybridized carbons (Fsp3) is 0.263. The summed E-state index contributed by atoms with van der Waals surface area (Å²) in [6.07, 6.45) is 4.47. The van der Waals surface area contributed by atoms with Crippen LogP contribution in [0, 0.1) is 10.1 Å². The summed E-state index contributed by atoms with van der Waals surface area (Å²) in [5, 5.41) is 13.8. The number of hydrogen-bond donors (Lipinski definition) is 1. The molecule has 2 heterocycles. The Kier molecular flexibility index (Phi) is 6.11. The first-order chi connectivity index (χ1) is 13.1. The summed E-state index contributed by atoms with van der Waals surface area (Å²) in [4.78, 5) is 29.2. The lowest BCUT2D eigenvalue weighted by Gasteiger charge is -2.29. The lowest BCUT2D eigenvalue weighted by Crippen LogP contribution is -2.37. The quantitative estimate of drug-likeness (QED) is 0.477. The Bertz CT molecular complexity index is 847. The highest BCUT2D eigenvalue weighted by Crippen LogP contribution is 2.20. The monoisotopic (exact) mass is 368 g/mol. The Balaban J connectivity index is 1.64. The topological polar surface area (TPSA) is 97.6 Å². The number of aromatic nitrogens is 1. The number of amides is 1. The number of nitrogens with zero attached hydrogens (tertiary/aromatic N) is 3. The highest BCUT2D eigenvalue weighted by molar-refractivity contribution is 5.92. The van der Waals surface area contributed by atoms with Gasteiger partial charge in [-0.15, -0.1) is 0 Å². The molecule has 0 bridgehead atoms. The number of nitrogens with one attached hydrogen (secondary N) is 1. The number of carbonyl (C=O) groups is 1. The number of benzene rings is 1. The van der Waals surface area contributed by atoms with Crippen LogP contribution >= 0.6 is 0 Å². The SMILES string of the molecule is O=C(C=Cc1ccccc1[N+](=O)[O-])NCc1cccnc1N1CCOCC1. The van der Waals surface area contributed by atoms with E-state index in [-0.39, 0.29) is 11.6 Å². The van der Waals surface area contributed by atoms with E-state index in [1.807, 2.05) is 12.1 Å². The number of morpholine rings is 1. The molecule has 27 heavy (non-hydrogen) atoms. The molecule has 1 fully saturated rings. The third kappa shape index (κ3) is 4.89. The highest BCUT2D eigenvalue weighted by Gasteiger charge is 2.16. The predicted molar refractivity (Wildman–Crippen MR) is 101 cm³/mol. The molecule has 3 rings (SSSR count). The molecule has 0 saturated carbocycles. The van der Waals surface area contributed by atoms with Crippen LogP contribution < -0.4 is 10.2 Å². The molecule has 1 aromatic carbocycles. The summed E-state index contributed by atoms with van der Waals surface area (Å²) in [7, 11) is 0. The van der Waals surface area contributed by atoms with Gasteiger partial charge in [0.05, 0.1) is 23.7 Å². The van der Waals surface area contributed by atoms with E-state index < -0.39 is 4.92 Å². The van der Waals surface area contributed by atoms with Crippen molar-refractivity contribution in [2.75, 3.05) is 31.2 Å². The van der Waals surface area contributed by atoms with E-state index in [4.69, 9.17) is 4.74 Å². The van der Waals surface area contributed by atoms with Crippen LogP contribution in [0.5, 0.6) is 0 Å². The summed E-state index contributed by atoms with van der Waals surface area (Å²) in [5.74, 6) is 0.508. The first-order valence-corrected chi connectivity index (χ1v) is 8.61. The summed E-state index contributed by atoms with van der Waals surface area (Å²) in [6, 6.07) is 10.0. The zero-order valence-corrected chi connectivity index (χ0v) is 14.7. The van der Waals surface area contributed by atoms with Crippen molar-refractivity contribution in [3.05, 3.63) is 69.9 Å². The molecule has 1 saturated heterocycles. The first-order valence-electron chi connectivity index (χ1n) is 8.61. The van der Waals surface area contributed by atoms with E-state index in [1.165, 1.54) is 18.2 Å². The maximum Gasteiger partial charge on any atom is 0.276 e. The van der Waals surface area contributed by atoms with Crippen LogP contribution in [0.15, 0.2) is 48.7 Å². The zero-order valence-electron chi connectivity index (χ0n) is 14.7. The molecule has 8 heteroatoms. The number of hydrogen-bond acceptors (Lipinski definition) is 6. The molecule has 1 N–H and O–H groups in total. The number of rotatable bonds is 6. The van der Waals surface area contributed by atoms with E-state index in [0.29, 0.717) is 25.3 Å². The molecule has 0 atom stereocenters. The minimum Gasteiger partial charge on any atom is -0.378 e. The predicted octanol–water partition coefficient (Wildman–Crippen LogP) is 2.16. The van der Waals surface area contributed by atoms with Crippen molar-refractivity contribution in [1.82, 2.24) is 10.3 Å². The number of nitro benzene ring substituents is 1. The van der Waals surface area contributed by atoms with Gasteiger partial charge in [-0.25, -0.2) is 4.98 Å². The third-order valence-electron chi connectivity index (χ3n) is 4.18. The number of carbonyl (C=O) groups excluding carboxylic acids is 1. The molecular weight excluding hydrogens is 348 g/mol. The van der Waals surface area contributed by atoms with Gasteiger partial charge in [0.2, 0.25) is 5.91 Å². The minimum absolute atomic E-state index is 0.0385. The van der Waals surface area contributed by atoms with Gasteiger partial charge in [0.25, 0.3) is 5.69 Å². The Morgan fingerprint density at radius 3 is 2.81 bits per heavy atom. The highest BCUT2D eigenvalue weighted by atomic mass is 16.6. The van der Waals surface area contributed by atoms with Crippen LogP contribution in [-0.4, -0.2) is 42.1 Å². The number of pyridine rings is 1. The summed E-state index contributed by atoms with van der Waals surface area (Å²) in [6.45, 7) is 3.15. The maximum atomic E-state index is 12.1. The molecule has 0 spiro atoms. The summed E-state index contributed by atoms with van der Waals surface area (Å²) < 4.78 is 5.36. The molecular formula is C19H20N4O4. The Hall–Kier alpha value is -3.26. The maximum absolute atomic E-state index is 12.1. The largest absolute Gasteiger partial charge is 0.378 e. The second kappa shape index (κ2) is 8.91. The summed E-state index contributed by atoms with van der Waals surface area (Å²) in [5.41, 5.74) is 1.25. The van der Waals surface area contributed by atoms with Crippen LogP contribution in [-0.2, 0) is 16.1 Å². The second-order valence-electron chi connectivity index (χ2n) is 5.95. The van der Waals surface area contributed by atoms with E-state index in [1.54, 1.807) is 24.4 Å². The van der Waals surface area contributed by atoms with Gasteiger partial charge in [-0.05, 0) is 18.2 Å². The standard InChI is InChI=1S/C19H20N4O4/c24-18(8-7-15-4-1-2-6-17(15)23(25)26)21-14-16-5-3-9-20-19(16)22-10-12-27-13-11-22/h1-9H,10-14H2,(H,21,24). The van der Waals surface area contributed by atoms with Gasteiger partial charge >= 0.3 is 0 Å². The van der Waals surface area contributed by atoms with Crippen molar-refractivity contribution in [3.8, 4) is 0 Å². The number of nitro groups is 1. The smallest absolute Gasteiger partial charge is 0.276 e. The number of anilines is 1. The van der Waals surface area contributed by atoms with Gasteiger partial charge in [-0.1, -0.05) is 18.2 Å². The molecule has 1 amide bonds. The van der Waals surface area contributed by atoms with Crippen LogP contribution in [0.1, 0.15) is 11.1 Å². The molecule has 1 aliphatic rings. The molecule has 8 nitrogen and oxygen atoms in total. The molecule has 0 radical (unpaired) electrons. The van der Waals surface area contributed by atoms with Gasteiger partial charge in [-0.2, -0.15) is 0 Å². The minimum atomic E-state index is -0.470. The van der Waals surface area contributed by atoms with Crippen molar-refractivity contribution < 1.29 is 14.5 Å². The van der Waals surface area contributed by atoms with Crippen LogP contribution in [0.4, 0.5) is 11.5 Å². The molecule has 1 aromatic heterocycles. The molecule has 0 unspecified atom stereocenters. The Morgan fingerprint density at radius 2 is 2.04 bits per heavy atom. The third-order valence-corrected chi connectivity index (χ3v) is 4.18. The van der Waals surface area contributed by atoms with Crippen molar-refractivity contribution in [2.45, 2.75) is 6.54 Å². The number of ether oxygens (including phenoxy) is 1. The van der Waals surface area contributed by atoms with E-state index in [2.05, 4.69) is 15.2 Å². The zero-order chi connectivity index (χ0) is 19.1. The Labute approximate surface area is 156 Å². The van der Waals surface area contributed by atoms with E-state index >= 15 is 0 Å². The molecule has 0 aliphatic carbocycles. The van der Waals surface area contributed by atoms with E-state index in [0.717, 1.165) is 24.5 Å². The lowest BCUT2D eigenvalue weighted by atomic mass is 10.1. The number of para-hydroxylation sites is 1. The lowest BCUT2D eigenvalue weighted by molar-refractivity contribution is -0.385. The van der Waals surface area contributed by atoms with Crippen molar-refractivity contribution in [2.24, 2.45) is 0 Å². The normalized spacial score (nSPS) is 14.3. The fourth-order valence-corrected chi connectivity index (χ4v) is 2.83. The molecule has 140 valence electrons. The van der Waals surface area contributed by atoms with E-state index in [9.17, 15) is 14.9 Å². The second-order valence-corrected chi connectivity index (χ2v) is 5.95. The van der Waals surface area contributed by atoms with Gasteiger partial charge < -0.3 is 15.0 Å². The van der Waals surface area contributed by atoms with Crippen molar-refractivity contribution >= 4 is 23.5 Å².